The summed E-state index contributed by atoms with van der Waals surface area (Å²) in [4.78, 5) is 10.6. The number of aromatic nitrogens is 1. The van der Waals surface area contributed by atoms with Crippen molar-refractivity contribution >= 4 is 18.0 Å². The lowest BCUT2D eigenvalue weighted by Gasteiger charge is -2.18. The van der Waals surface area contributed by atoms with Crippen LogP contribution in [-0.2, 0) is 0 Å². The van der Waals surface area contributed by atoms with Crippen LogP contribution in [-0.4, -0.2) is 22.9 Å². The molecule has 1 fully saturated rings. The molecule has 0 aliphatic carbocycles. The van der Waals surface area contributed by atoms with E-state index in [0.717, 1.165) is 24.2 Å². The number of hydrogen-bond acceptors (Lipinski definition) is 4. The van der Waals surface area contributed by atoms with Gasteiger partial charge in [0.05, 0.1) is 11.8 Å². The summed E-state index contributed by atoms with van der Waals surface area (Å²) in [5.74, 6) is 3.44. The van der Waals surface area contributed by atoms with E-state index in [2.05, 4.69) is 5.16 Å². The molecule has 1 aliphatic heterocycles. The van der Waals surface area contributed by atoms with E-state index in [0.29, 0.717) is 11.5 Å². The lowest BCUT2D eigenvalue weighted by atomic mass is 10.00. The molecule has 0 spiro atoms. The van der Waals surface area contributed by atoms with Crippen molar-refractivity contribution in [1.82, 2.24) is 5.16 Å². The SMILES string of the molecule is O=Cc1cnoc1C1CCCSC1. The molecular weight excluding hydrogens is 186 g/mol. The van der Waals surface area contributed by atoms with Gasteiger partial charge in [0.25, 0.3) is 0 Å². The van der Waals surface area contributed by atoms with Crippen LogP contribution in [0.25, 0.3) is 0 Å². The first-order valence-electron chi connectivity index (χ1n) is 4.39. The zero-order chi connectivity index (χ0) is 9.10. The van der Waals surface area contributed by atoms with E-state index >= 15 is 0 Å². The summed E-state index contributed by atoms with van der Waals surface area (Å²) in [5.41, 5.74) is 0.618. The van der Waals surface area contributed by atoms with Crippen LogP contribution in [0.5, 0.6) is 0 Å². The summed E-state index contributed by atoms with van der Waals surface area (Å²) in [6.07, 6.45) is 4.64. The van der Waals surface area contributed by atoms with Gasteiger partial charge in [-0.1, -0.05) is 5.16 Å². The predicted octanol–water partition coefficient (Wildman–Crippen LogP) is 2.10. The van der Waals surface area contributed by atoms with Crippen LogP contribution in [0.1, 0.15) is 34.9 Å². The third-order valence-electron chi connectivity index (χ3n) is 2.29. The molecule has 1 aromatic heterocycles. The minimum absolute atomic E-state index is 0.390. The number of nitrogens with zero attached hydrogens (tertiary/aromatic N) is 1. The van der Waals surface area contributed by atoms with E-state index in [-0.39, 0.29) is 0 Å². The quantitative estimate of drug-likeness (QED) is 0.681. The number of carbonyl (C=O) groups is 1. The number of hydrogen-bond donors (Lipinski definition) is 0. The van der Waals surface area contributed by atoms with Crippen molar-refractivity contribution in [3.63, 3.8) is 0 Å². The molecule has 1 unspecified atom stereocenters. The van der Waals surface area contributed by atoms with Gasteiger partial charge in [-0.25, -0.2) is 0 Å². The molecule has 1 saturated heterocycles. The van der Waals surface area contributed by atoms with Crippen LogP contribution >= 0.6 is 11.8 Å². The summed E-state index contributed by atoms with van der Waals surface area (Å²) < 4.78 is 5.10. The molecule has 70 valence electrons. The van der Waals surface area contributed by atoms with Crippen molar-refractivity contribution in [2.24, 2.45) is 0 Å². The lowest BCUT2D eigenvalue weighted by molar-refractivity contribution is 0.112. The van der Waals surface area contributed by atoms with Gasteiger partial charge in [-0.15, -0.1) is 0 Å². The van der Waals surface area contributed by atoms with Gasteiger partial charge in [0.15, 0.2) is 12.0 Å². The highest BCUT2D eigenvalue weighted by Gasteiger charge is 2.22. The normalized spacial score (nSPS) is 22.9. The van der Waals surface area contributed by atoms with E-state index in [4.69, 9.17) is 4.52 Å². The van der Waals surface area contributed by atoms with E-state index in [1.165, 1.54) is 18.4 Å². The Morgan fingerprint density at radius 3 is 3.31 bits per heavy atom. The minimum atomic E-state index is 0.390. The Morgan fingerprint density at radius 1 is 1.69 bits per heavy atom. The highest BCUT2D eigenvalue weighted by Crippen LogP contribution is 2.32. The predicted molar refractivity (Wildman–Crippen MR) is 51.2 cm³/mol. The van der Waals surface area contributed by atoms with Gasteiger partial charge in [-0.05, 0) is 18.6 Å². The Labute approximate surface area is 80.9 Å². The minimum Gasteiger partial charge on any atom is -0.360 e. The first kappa shape index (κ1) is 8.81. The van der Waals surface area contributed by atoms with Crippen molar-refractivity contribution in [3.8, 4) is 0 Å². The van der Waals surface area contributed by atoms with Gasteiger partial charge in [-0.3, -0.25) is 4.79 Å². The molecule has 3 nitrogen and oxygen atoms in total. The van der Waals surface area contributed by atoms with Gasteiger partial charge in [-0.2, -0.15) is 11.8 Å². The average molecular weight is 197 g/mol. The largest absolute Gasteiger partial charge is 0.360 e. The highest BCUT2D eigenvalue weighted by molar-refractivity contribution is 7.99. The maximum absolute atomic E-state index is 10.6. The average Bonchev–Trinajstić information content (AvgIpc) is 2.67. The Hall–Kier alpha value is -0.770. The number of aldehydes is 1. The second-order valence-corrected chi connectivity index (χ2v) is 4.33. The number of carbonyl (C=O) groups excluding carboxylic acids is 1. The number of rotatable bonds is 2. The van der Waals surface area contributed by atoms with Crippen LogP contribution in [0.15, 0.2) is 10.7 Å². The molecule has 0 bridgehead atoms. The molecule has 2 rings (SSSR count). The summed E-state index contributed by atoms with van der Waals surface area (Å²) in [6, 6.07) is 0. The Kier molecular flexibility index (Phi) is 2.68. The van der Waals surface area contributed by atoms with Crippen molar-refractivity contribution in [1.29, 1.82) is 0 Å². The molecule has 1 aliphatic rings. The molecule has 0 saturated carbocycles. The smallest absolute Gasteiger partial charge is 0.155 e. The third-order valence-corrected chi connectivity index (χ3v) is 3.50. The standard InChI is InChI=1S/C9H11NO2S/c11-5-8-4-10-12-9(8)7-2-1-3-13-6-7/h4-5,7H,1-3,6H2. The summed E-state index contributed by atoms with van der Waals surface area (Å²) in [6.45, 7) is 0. The fourth-order valence-corrected chi connectivity index (χ4v) is 2.74. The molecule has 4 heteroatoms. The van der Waals surface area contributed by atoms with Gasteiger partial charge in [0, 0.05) is 11.7 Å². The van der Waals surface area contributed by atoms with Crippen molar-refractivity contribution < 1.29 is 9.32 Å². The second-order valence-electron chi connectivity index (χ2n) is 3.18. The molecule has 0 N–H and O–H groups in total. The zero-order valence-electron chi connectivity index (χ0n) is 7.23. The molecular formula is C9H11NO2S. The van der Waals surface area contributed by atoms with Gasteiger partial charge in [0.2, 0.25) is 0 Å². The Morgan fingerprint density at radius 2 is 2.62 bits per heavy atom. The Balaban J connectivity index is 2.17. The summed E-state index contributed by atoms with van der Waals surface area (Å²) in [5, 5.41) is 3.65. The monoisotopic (exact) mass is 197 g/mol. The van der Waals surface area contributed by atoms with E-state index in [1.807, 2.05) is 11.8 Å². The molecule has 0 radical (unpaired) electrons. The molecule has 0 amide bonds. The van der Waals surface area contributed by atoms with Crippen LogP contribution in [0.3, 0.4) is 0 Å². The zero-order valence-corrected chi connectivity index (χ0v) is 8.05. The molecule has 2 heterocycles. The lowest BCUT2D eigenvalue weighted by Crippen LogP contribution is -2.09. The first-order valence-corrected chi connectivity index (χ1v) is 5.55. The first-order chi connectivity index (χ1) is 6.42. The fraction of sp³-hybridized carbons (Fsp3) is 0.556. The van der Waals surface area contributed by atoms with Gasteiger partial charge in [0.1, 0.15) is 0 Å². The Bertz CT molecular complexity index is 292. The second kappa shape index (κ2) is 3.96. The topological polar surface area (TPSA) is 43.1 Å². The van der Waals surface area contributed by atoms with E-state index in [9.17, 15) is 4.79 Å². The van der Waals surface area contributed by atoms with Crippen LogP contribution < -0.4 is 0 Å². The number of thioether (sulfide) groups is 1. The van der Waals surface area contributed by atoms with Gasteiger partial charge < -0.3 is 4.52 Å². The van der Waals surface area contributed by atoms with Crippen LogP contribution in [0.2, 0.25) is 0 Å². The van der Waals surface area contributed by atoms with Crippen molar-refractivity contribution in [2.45, 2.75) is 18.8 Å². The van der Waals surface area contributed by atoms with Crippen molar-refractivity contribution in [2.75, 3.05) is 11.5 Å². The third kappa shape index (κ3) is 1.77. The van der Waals surface area contributed by atoms with Crippen LogP contribution in [0, 0.1) is 0 Å². The van der Waals surface area contributed by atoms with E-state index < -0.39 is 0 Å². The fourth-order valence-electron chi connectivity index (χ4n) is 1.60. The maximum atomic E-state index is 10.6. The summed E-state index contributed by atoms with van der Waals surface area (Å²) >= 11 is 1.92. The molecule has 1 atom stereocenters. The molecule has 1 aromatic rings. The maximum Gasteiger partial charge on any atom is 0.155 e. The highest BCUT2D eigenvalue weighted by atomic mass is 32.2. The van der Waals surface area contributed by atoms with Crippen LogP contribution in [0.4, 0.5) is 0 Å². The summed E-state index contributed by atoms with van der Waals surface area (Å²) in [7, 11) is 0. The molecule has 0 aromatic carbocycles. The van der Waals surface area contributed by atoms with Gasteiger partial charge >= 0.3 is 0 Å². The molecule has 13 heavy (non-hydrogen) atoms. The van der Waals surface area contributed by atoms with Crippen molar-refractivity contribution in [3.05, 3.63) is 17.5 Å². The van der Waals surface area contributed by atoms with E-state index in [1.54, 1.807) is 0 Å².